The van der Waals surface area contributed by atoms with Gasteiger partial charge in [0.25, 0.3) is 0 Å². The summed E-state index contributed by atoms with van der Waals surface area (Å²) < 4.78 is 2.05. The molecule has 0 amide bonds. The molecule has 0 saturated carbocycles. The molecule has 0 fully saturated rings. The number of carbonyl (C=O) groups is 1. The van der Waals surface area contributed by atoms with Gasteiger partial charge in [0.05, 0.1) is 0 Å². The Labute approximate surface area is 104 Å². The third kappa shape index (κ3) is 2.47. The van der Waals surface area contributed by atoms with Gasteiger partial charge in [-0.05, 0) is 36.4 Å². The van der Waals surface area contributed by atoms with E-state index >= 15 is 0 Å². The number of hydrogen-bond donors (Lipinski definition) is 1. The van der Waals surface area contributed by atoms with E-state index in [0.717, 1.165) is 11.1 Å². The van der Waals surface area contributed by atoms with Crippen molar-refractivity contribution in [3.8, 4) is 0 Å². The van der Waals surface area contributed by atoms with Crippen molar-refractivity contribution in [1.82, 2.24) is 4.57 Å². The van der Waals surface area contributed by atoms with Crippen molar-refractivity contribution in [2.75, 3.05) is 6.26 Å². The third-order valence-electron chi connectivity index (χ3n) is 2.89. The van der Waals surface area contributed by atoms with Gasteiger partial charge in [0, 0.05) is 35.5 Å². The van der Waals surface area contributed by atoms with E-state index in [9.17, 15) is 4.79 Å². The van der Waals surface area contributed by atoms with E-state index in [1.54, 1.807) is 11.8 Å². The highest BCUT2D eigenvalue weighted by Gasteiger charge is 2.08. The number of carboxylic acid groups (broad SMARTS) is 1. The fraction of sp³-hybridized carbons (Fsp3) is 0.308. The summed E-state index contributed by atoms with van der Waals surface area (Å²) in [4.78, 5) is 11.8. The second-order valence-corrected chi connectivity index (χ2v) is 4.92. The van der Waals surface area contributed by atoms with Crippen molar-refractivity contribution < 1.29 is 9.90 Å². The monoisotopic (exact) mass is 249 g/mol. The number of aromatic nitrogens is 1. The lowest BCUT2D eigenvalue weighted by Crippen LogP contribution is -1.96. The van der Waals surface area contributed by atoms with Crippen LogP contribution < -0.4 is 0 Å². The molecule has 1 aromatic heterocycles. The fourth-order valence-corrected chi connectivity index (χ4v) is 2.46. The van der Waals surface area contributed by atoms with Crippen LogP contribution in [-0.4, -0.2) is 21.9 Å². The number of aliphatic carboxylic acids is 1. The standard InChI is InChI=1S/C13H15NO2S/c1-14-8-9(3-6-13(15)16)11-7-10(17-2)4-5-12(11)14/h4-5,7-8H,3,6H2,1-2H3,(H,15,16). The van der Waals surface area contributed by atoms with E-state index < -0.39 is 5.97 Å². The molecule has 0 radical (unpaired) electrons. The number of rotatable bonds is 4. The normalized spacial score (nSPS) is 10.9. The summed E-state index contributed by atoms with van der Waals surface area (Å²) in [5.74, 6) is -0.747. The first-order valence-electron chi connectivity index (χ1n) is 5.45. The van der Waals surface area contributed by atoms with E-state index in [-0.39, 0.29) is 6.42 Å². The second kappa shape index (κ2) is 4.84. The van der Waals surface area contributed by atoms with E-state index in [2.05, 4.69) is 22.8 Å². The smallest absolute Gasteiger partial charge is 0.303 e. The van der Waals surface area contributed by atoms with Crippen LogP contribution in [0, 0.1) is 0 Å². The van der Waals surface area contributed by atoms with Crippen LogP contribution in [0.15, 0.2) is 29.3 Å². The van der Waals surface area contributed by atoms with Crippen LogP contribution >= 0.6 is 11.8 Å². The zero-order chi connectivity index (χ0) is 12.4. The summed E-state index contributed by atoms with van der Waals surface area (Å²) in [5, 5.41) is 9.91. The molecular formula is C13H15NO2S. The number of carboxylic acids is 1. The predicted octanol–water partition coefficient (Wildman–Crippen LogP) is 2.92. The molecule has 1 N–H and O–H groups in total. The molecule has 0 atom stereocenters. The van der Waals surface area contributed by atoms with Crippen molar-refractivity contribution in [2.45, 2.75) is 17.7 Å². The first kappa shape index (κ1) is 12.0. The zero-order valence-electron chi connectivity index (χ0n) is 9.93. The third-order valence-corrected chi connectivity index (χ3v) is 3.61. The molecule has 0 aliphatic rings. The Kier molecular flexibility index (Phi) is 3.43. The van der Waals surface area contributed by atoms with Crippen molar-refractivity contribution in [3.05, 3.63) is 30.0 Å². The first-order chi connectivity index (χ1) is 8.11. The van der Waals surface area contributed by atoms with Gasteiger partial charge < -0.3 is 9.67 Å². The summed E-state index contributed by atoms with van der Waals surface area (Å²) in [7, 11) is 1.99. The van der Waals surface area contributed by atoms with Gasteiger partial charge >= 0.3 is 5.97 Å². The van der Waals surface area contributed by atoms with Crippen molar-refractivity contribution >= 4 is 28.6 Å². The highest BCUT2D eigenvalue weighted by atomic mass is 32.2. The Morgan fingerprint density at radius 3 is 2.88 bits per heavy atom. The van der Waals surface area contributed by atoms with Crippen LogP contribution in [-0.2, 0) is 18.3 Å². The van der Waals surface area contributed by atoms with Crippen LogP contribution in [0.4, 0.5) is 0 Å². The average Bonchev–Trinajstić information content (AvgIpc) is 2.63. The summed E-state index contributed by atoms with van der Waals surface area (Å²) in [6.07, 6.45) is 4.84. The summed E-state index contributed by atoms with van der Waals surface area (Å²) >= 11 is 1.70. The van der Waals surface area contributed by atoms with Crippen molar-refractivity contribution in [3.63, 3.8) is 0 Å². The number of fused-ring (bicyclic) bond motifs is 1. The molecule has 2 rings (SSSR count). The quantitative estimate of drug-likeness (QED) is 0.847. The molecule has 0 aliphatic heterocycles. The van der Waals surface area contributed by atoms with Gasteiger partial charge in [-0.3, -0.25) is 4.79 Å². The molecule has 0 saturated heterocycles. The maximum Gasteiger partial charge on any atom is 0.303 e. The summed E-state index contributed by atoms with van der Waals surface area (Å²) in [6.45, 7) is 0. The Hall–Kier alpha value is -1.42. The maximum absolute atomic E-state index is 10.6. The SMILES string of the molecule is CSc1ccc2c(c1)c(CCC(=O)O)cn2C. The predicted molar refractivity (Wildman–Crippen MR) is 70.7 cm³/mol. The van der Waals surface area contributed by atoms with Crippen LogP contribution in [0.5, 0.6) is 0 Å². The first-order valence-corrected chi connectivity index (χ1v) is 6.68. The van der Waals surface area contributed by atoms with Crippen molar-refractivity contribution in [1.29, 1.82) is 0 Å². The van der Waals surface area contributed by atoms with E-state index in [1.165, 1.54) is 10.3 Å². The molecule has 2 aromatic rings. The Balaban J connectivity index is 2.43. The zero-order valence-corrected chi connectivity index (χ0v) is 10.8. The molecule has 90 valence electrons. The molecule has 3 nitrogen and oxygen atoms in total. The largest absolute Gasteiger partial charge is 0.481 e. The van der Waals surface area contributed by atoms with Crippen molar-refractivity contribution in [2.24, 2.45) is 7.05 Å². The fourth-order valence-electron chi connectivity index (χ4n) is 2.02. The Morgan fingerprint density at radius 2 is 2.24 bits per heavy atom. The van der Waals surface area contributed by atoms with Gasteiger partial charge in [-0.2, -0.15) is 0 Å². The van der Waals surface area contributed by atoms with Gasteiger partial charge in [0.15, 0.2) is 0 Å². The van der Waals surface area contributed by atoms with Gasteiger partial charge in [-0.25, -0.2) is 0 Å². The van der Waals surface area contributed by atoms with Crippen LogP contribution in [0.2, 0.25) is 0 Å². The van der Waals surface area contributed by atoms with Gasteiger partial charge in [0.2, 0.25) is 0 Å². The molecule has 0 unspecified atom stereocenters. The van der Waals surface area contributed by atoms with Gasteiger partial charge in [0.1, 0.15) is 0 Å². The lowest BCUT2D eigenvalue weighted by atomic mass is 10.1. The summed E-state index contributed by atoms with van der Waals surface area (Å²) in [6, 6.07) is 6.32. The highest BCUT2D eigenvalue weighted by molar-refractivity contribution is 7.98. The number of thioether (sulfide) groups is 1. The highest BCUT2D eigenvalue weighted by Crippen LogP contribution is 2.26. The molecule has 1 heterocycles. The molecule has 0 aliphatic carbocycles. The summed E-state index contributed by atoms with van der Waals surface area (Å²) in [5.41, 5.74) is 2.27. The van der Waals surface area contributed by atoms with E-state index in [0.29, 0.717) is 6.42 Å². The minimum Gasteiger partial charge on any atom is -0.481 e. The second-order valence-electron chi connectivity index (χ2n) is 4.04. The lowest BCUT2D eigenvalue weighted by molar-refractivity contribution is -0.136. The van der Waals surface area contributed by atoms with Crippen LogP contribution in [0.3, 0.4) is 0 Å². The molecular weight excluding hydrogens is 234 g/mol. The molecule has 0 bridgehead atoms. The van der Waals surface area contributed by atoms with Crippen LogP contribution in [0.25, 0.3) is 10.9 Å². The number of benzene rings is 1. The lowest BCUT2D eigenvalue weighted by Gasteiger charge is -2.00. The number of aryl methyl sites for hydroxylation is 2. The van der Waals surface area contributed by atoms with E-state index in [1.807, 2.05) is 19.5 Å². The average molecular weight is 249 g/mol. The number of nitrogens with zero attached hydrogens (tertiary/aromatic N) is 1. The Morgan fingerprint density at radius 1 is 1.47 bits per heavy atom. The number of hydrogen-bond acceptors (Lipinski definition) is 2. The molecule has 1 aromatic carbocycles. The van der Waals surface area contributed by atoms with Gasteiger partial charge in [-0.1, -0.05) is 0 Å². The molecule has 17 heavy (non-hydrogen) atoms. The topological polar surface area (TPSA) is 42.2 Å². The van der Waals surface area contributed by atoms with Gasteiger partial charge in [-0.15, -0.1) is 11.8 Å². The molecule has 4 heteroatoms. The minimum atomic E-state index is -0.747. The maximum atomic E-state index is 10.6. The molecule has 0 spiro atoms. The van der Waals surface area contributed by atoms with Crippen LogP contribution in [0.1, 0.15) is 12.0 Å². The van der Waals surface area contributed by atoms with E-state index in [4.69, 9.17) is 5.11 Å². The minimum absolute atomic E-state index is 0.183. The Bertz CT molecular complexity index is 560.